The molecule has 0 aromatic heterocycles. The van der Waals surface area contributed by atoms with E-state index in [4.69, 9.17) is 4.74 Å². The maximum Gasteiger partial charge on any atom is 0.330 e. The highest BCUT2D eigenvalue weighted by Gasteiger charge is 2.42. The second-order valence-corrected chi connectivity index (χ2v) is 4.67. The van der Waals surface area contributed by atoms with Crippen molar-refractivity contribution in [3.63, 3.8) is 0 Å². The van der Waals surface area contributed by atoms with E-state index in [1.54, 1.807) is 0 Å². The summed E-state index contributed by atoms with van der Waals surface area (Å²) in [5, 5.41) is 3.30. The van der Waals surface area contributed by atoms with Crippen LogP contribution in [0.4, 0.5) is 0 Å². The first-order valence-corrected chi connectivity index (χ1v) is 6.29. The van der Waals surface area contributed by atoms with Crippen molar-refractivity contribution in [2.24, 2.45) is 0 Å². The second-order valence-electron chi connectivity index (χ2n) is 4.67. The lowest BCUT2D eigenvalue weighted by Crippen LogP contribution is -2.57. The van der Waals surface area contributed by atoms with Crippen molar-refractivity contribution >= 4 is 5.97 Å². The molecule has 0 aliphatic carbocycles. The highest BCUT2D eigenvalue weighted by molar-refractivity contribution is 5.82. The average Bonchev–Trinajstić information content (AvgIpc) is 2.47. The van der Waals surface area contributed by atoms with E-state index in [-0.39, 0.29) is 5.97 Å². The van der Waals surface area contributed by atoms with Gasteiger partial charge in [0.2, 0.25) is 0 Å². The van der Waals surface area contributed by atoms with E-state index in [9.17, 15) is 4.79 Å². The summed E-state index contributed by atoms with van der Waals surface area (Å²) in [6, 6.07) is 9.84. The van der Waals surface area contributed by atoms with Crippen LogP contribution in [0.15, 0.2) is 30.3 Å². The van der Waals surface area contributed by atoms with Gasteiger partial charge in [0.1, 0.15) is 5.54 Å². The molecule has 0 spiro atoms. The van der Waals surface area contributed by atoms with E-state index in [0.29, 0.717) is 0 Å². The average molecular weight is 248 g/mol. The van der Waals surface area contributed by atoms with Crippen LogP contribution in [0.3, 0.4) is 0 Å². The molecule has 1 saturated heterocycles. The highest BCUT2D eigenvalue weighted by Crippen LogP contribution is 2.29. The van der Waals surface area contributed by atoms with Crippen molar-refractivity contribution in [3.8, 4) is 0 Å². The number of nitrogens with one attached hydrogen (secondary N) is 1. The van der Waals surface area contributed by atoms with Gasteiger partial charge in [-0.15, -0.1) is 0 Å². The fourth-order valence-corrected chi connectivity index (χ4v) is 2.50. The Balaban J connectivity index is 2.36. The Morgan fingerprint density at radius 3 is 2.44 bits per heavy atom. The zero-order chi connectivity index (χ0) is 13.0. The molecule has 0 radical (unpaired) electrons. The Labute approximate surface area is 108 Å². The molecule has 2 rings (SSSR count). The number of piperazine rings is 1. The number of methoxy groups -OCH3 is 1. The van der Waals surface area contributed by atoms with Crippen LogP contribution in [0.25, 0.3) is 0 Å². The van der Waals surface area contributed by atoms with Crippen molar-refractivity contribution in [2.45, 2.75) is 12.5 Å². The van der Waals surface area contributed by atoms with Crippen LogP contribution in [0, 0.1) is 0 Å². The van der Waals surface area contributed by atoms with Gasteiger partial charge in [0, 0.05) is 26.2 Å². The lowest BCUT2D eigenvalue weighted by atomic mass is 9.89. The molecule has 0 amide bonds. The number of hydrogen-bond acceptors (Lipinski definition) is 4. The van der Waals surface area contributed by atoms with Crippen molar-refractivity contribution in [1.82, 2.24) is 10.2 Å². The van der Waals surface area contributed by atoms with Gasteiger partial charge in [0.15, 0.2) is 0 Å². The monoisotopic (exact) mass is 248 g/mol. The summed E-state index contributed by atoms with van der Waals surface area (Å²) in [4.78, 5) is 14.4. The molecular formula is C14H20N2O2. The summed E-state index contributed by atoms with van der Waals surface area (Å²) in [6.07, 6.45) is 0. The number of nitrogens with zero attached hydrogens (tertiary/aromatic N) is 1. The number of esters is 1. The van der Waals surface area contributed by atoms with Gasteiger partial charge in [-0.25, -0.2) is 4.79 Å². The van der Waals surface area contributed by atoms with Crippen LogP contribution in [0.2, 0.25) is 0 Å². The fraction of sp³-hybridized carbons (Fsp3) is 0.500. The van der Waals surface area contributed by atoms with Gasteiger partial charge in [-0.05, 0) is 12.5 Å². The fourth-order valence-electron chi connectivity index (χ4n) is 2.50. The topological polar surface area (TPSA) is 41.6 Å². The summed E-state index contributed by atoms with van der Waals surface area (Å²) in [5.74, 6) is -0.199. The van der Waals surface area contributed by atoms with Crippen molar-refractivity contribution in [1.29, 1.82) is 0 Å². The predicted octanol–water partition coefficient (Wildman–Crippen LogP) is 0.980. The molecule has 1 unspecified atom stereocenters. The first-order chi connectivity index (χ1) is 8.69. The van der Waals surface area contributed by atoms with Gasteiger partial charge < -0.3 is 10.1 Å². The van der Waals surface area contributed by atoms with Crippen LogP contribution in [0.5, 0.6) is 0 Å². The normalized spacial score (nSPS) is 20.1. The van der Waals surface area contributed by atoms with Gasteiger partial charge >= 0.3 is 5.97 Å². The molecule has 0 bridgehead atoms. The largest absolute Gasteiger partial charge is 0.467 e. The molecule has 1 aromatic rings. The SMILES string of the molecule is COC(=O)C(C)(c1ccccc1)N1CCNCC1. The second kappa shape index (κ2) is 5.50. The van der Waals surface area contributed by atoms with E-state index >= 15 is 0 Å². The third kappa shape index (κ3) is 2.26. The first-order valence-electron chi connectivity index (χ1n) is 6.29. The first kappa shape index (κ1) is 13.1. The summed E-state index contributed by atoms with van der Waals surface area (Å²) in [6.45, 7) is 5.44. The number of carbonyl (C=O) groups excluding carboxylic acids is 1. The molecule has 18 heavy (non-hydrogen) atoms. The molecule has 0 saturated carbocycles. The smallest absolute Gasteiger partial charge is 0.330 e. The summed E-state index contributed by atoms with van der Waals surface area (Å²) < 4.78 is 5.02. The molecule has 1 N–H and O–H groups in total. The zero-order valence-electron chi connectivity index (χ0n) is 11.0. The zero-order valence-corrected chi connectivity index (χ0v) is 11.0. The third-order valence-electron chi connectivity index (χ3n) is 3.67. The van der Waals surface area contributed by atoms with E-state index in [1.807, 2.05) is 37.3 Å². The minimum atomic E-state index is -0.696. The van der Waals surface area contributed by atoms with Crippen LogP contribution in [0.1, 0.15) is 12.5 Å². The van der Waals surface area contributed by atoms with Crippen LogP contribution in [-0.2, 0) is 15.1 Å². The summed E-state index contributed by atoms with van der Waals surface area (Å²) in [5.41, 5.74) is 0.289. The molecule has 4 heteroatoms. The van der Waals surface area contributed by atoms with E-state index in [2.05, 4.69) is 10.2 Å². The van der Waals surface area contributed by atoms with E-state index in [0.717, 1.165) is 31.7 Å². The van der Waals surface area contributed by atoms with Gasteiger partial charge in [0.25, 0.3) is 0 Å². The standard InChI is InChI=1S/C14H20N2O2/c1-14(13(17)18-2,12-6-4-3-5-7-12)16-10-8-15-9-11-16/h3-7,15H,8-11H2,1-2H3. The number of hydrogen-bond donors (Lipinski definition) is 1. The molecule has 4 nitrogen and oxygen atoms in total. The lowest BCUT2D eigenvalue weighted by molar-refractivity contribution is -0.155. The quantitative estimate of drug-likeness (QED) is 0.810. The van der Waals surface area contributed by atoms with Gasteiger partial charge in [0.05, 0.1) is 7.11 Å². The predicted molar refractivity (Wildman–Crippen MR) is 70.3 cm³/mol. The molecule has 1 aliphatic rings. The number of benzene rings is 1. The molecule has 1 heterocycles. The lowest BCUT2D eigenvalue weighted by Gasteiger charge is -2.41. The van der Waals surface area contributed by atoms with Gasteiger partial charge in [-0.2, -0.15) is 0 Å². The molecule has 1 aromatic carbocycles. The van der Waals surface area contributed by atoms with E-state index < -0.39 is 5.54 Å². The molecular weight excluding hydrogens is 228 g/mol. The Bertz CT molecular complexity index is 402. The highest BCUT2D eigenvalue weighted by atomic mass is 16.5. The van der Waals surface area contributed by atoms with Crippen molar-refractivity contribution in [2.75, 3.05) is 33.3 Å². The maximum absolute atomic E-state index is 12.2. The minimum Gasteiger partial charge on any atom is -0.467 e. The Hall–Kier alpha value is -1.39. The Kier molecular flexibility index (Phi) is 3.99. The molecule has 1 aliphatic heterocycles. The Morgan fingerprint density at radius 2 is 1.89 bits per heavy atom. The van der Waals surface area contributed by atoms with E-state index in [1.165, 1.54) is 7.11 Å². The molecule has 1 fully saturated rings. The van der Waals surface area contributed by atoms with Gasteiger partial charge in [-0.3, -0.25) is 4.90 Å². The summed E-state index contributed by atoms with van der Waals surface area (Å²) >= 11 is 0. The number of rotatable bonds is 3. The maximum atomic E-state index is 12.2. The molecule has 1 atom stereocenters. The Morgan fingerprint density at radius 1 is 1.28 bits per heavy atom. The number of ether oxygens (including phenoxy) is 1. The third-order valence-corrected chi connectivity index (χ3v) is 3.67. The molecule has 98 valence electrons. The van der Waals surface area contributed by atoms with Crippen LogP contribution >= 0.6 is 0 Å². The number of carbonyl (C=O) groups is 1. The van der Waals surface area contributed by atoms with Crippen LogP contribution < -0.4 is 5.32 Å². The van der Waals surface area contributed by atoms with Gasteiger partial charge in [-0.1, -0.05) is 30.3 Å². The summed E-state index contributed by atoms with van der Waals surface area (Å²) in [7, 11) is 1.45. The minimum absolute atomic E-state index is 0.199. The van der Waals surface area contributed by atoms with Crippen LogP contribution in [-0.4, -0.2) is 44.2 Å². The van der Waals surface area contributed by atoms with Crippen molar-refractivity contribution in [3.05, 3.63) is 35.9 Å². The van der Waals surface area contributed by atoms with Crippen molar-refractivity contribution < 1.29 is 9.53 Å².